The van der Waals surface area contributed by atoms with Gasteiger partial charge in [0.25, 0.3) is 0 Å². The predicted molar refractivity (Wildman–Crippen MR) is 113 cm³/mol. The number of hydrogen-bond acceptors (Lipinski definition) is 4. The molecule has 1 aromatic heterocycles. The Hall–Kier alpha value is -2.34. The van der Waals surface area contributed by atoms with Gasteiger partial charge < -0.3 is 11.1 Å². The number of nitrogens with two attached hydrogens (primary N) is 1. The molecule has 0 unspecified atom stereocenters. The number of aryl methyl sites for hydroxylation is 1. The average Bonchev–Trinajstić information content (AvgIpc) is 2.93. The molecule has 3 rings (SSSR count). The molecule has 1 aliphatic heterocycles. The third kappa shape index (κ3) is 5.83. The number of piperidine rings is 1. The number of anilines is 1. The van der Waals surface area contributed by atoms with E-state index in [-0.39, 0.29) is 18.5 Å². The topological polar surface area (TPSA) is 76.2 Å². The zero-order valence-electron chi connectivity index (χ0n) is 17.3. The molecule has 3 N–H and O–H groups in total. The van der Waals surface area contributed by atoms with Crippen LogP contribution in [-0.2, 0) is 24.3 Å². The minimum atomic E-state index is -0.0281. The maximum absolute atomic E-state index is 12.4. The zero-order valence-corrected chi connectivity index (χ0v) is 17.3. The summed E-state index contributed by atoms with van der Waals surface area (Å²) in [7, 11) is 0. The van der Waals surface area contributed by atoms with Crippen molar-refractivity contribution in [2.24, 2.45) is 5.92 Å². The van der Waals surface area contributed by atoms with Crippen molar-refractivity contribution in [3.05, 3.63) is 47.2 Å². The van der Waals surface area contributed by atoms with Crippen molar-refractivity contribution in [3.63, 3.8) is 0 Å². The number of amides is 1. The lowest BCUT2D eigenvalue weighted by atomic mass is 10.0. The van der Waals surface area contributed by atoms with Crippen molar-refractivity contribution in [2.75, 3.05) is 18.8 Å². The molecule has 1 aromatic carbocycles. The predicted octanol–water partition coefficient (Wildman–Crippen LogP) is 2.75. The van der Waals surface area contributed by atoms with Crippen molar-refractivity contribution >= 4 is 11.7 Å². The lowest BCUT2D eigenvalue weighted by molar-refractivity contribution is -0.122. The molecular formula is C22H33N5O. The van der Waals surface area contributed by atoms with Crippen LogP contribution in [0.5, 0.6) is 0 Å². The number of nitrogens with zero attached hydrogens (tertiary/aromatic N) is 3. The van der Waals surface area contributed by atoms with Gasteiger partial charge in [-0.2, -0.15) is 5.10 Å². The number of benzene rings is 1. The Balaban J connectivity index is 1.49. The first-order chi connectivity index (χ1) is 13.4. The number of likely N-dealkylation sites (tertiary alicyclic amines) is 1. The molecule has 0 bridgehead atoms. The normalized spacial score (nSPS) is 17.8. The zero-order chi connectivity index (χ0) is 20.1. The van der Waals surface area contributed by atoms with E-state index in [1.807, 2.05) is 6.92 Å². The summed E-state index contributed by atoms with van der Waals surface area (Å²) in [5.41, 5.74) is 9.44. The molecule has 1 saturated heterocycles. The van der Waals surface area contributed by atoms with E-state index < -0.39 is 0 Å². The molecule has 1 aliphatic rings. The first kappa shape index (κ1) is 20.4. The van der Waals surface area contributed by atoms with Gasteiger partial charge in [0.05, 0.1) is 5.69 Å². The van der Waals surface area contributed by atoms with Crippen molar-refractivity contribution in [3.8, 4) is 0 Å². The Labute approximate surface area is 168 Å². The third-order valence-electron chi connectivity index (χ3n) is 5.17. The third-order valence-corrected chi connectivity index (χ3v) is 5.17. The maximum Gasteiger partial charge on any atom is 0.242 e. The molecule has 152 valence electrons. The van der Waals surface area contributed by atoms with Crippen LogP contribution in [0.4, 0.5) is 5.82 Å². The first-order valence-corrected chi connectivity index (χ1v) is 10.3. The van der Waals surface area contributed by atoms with Crippen LogP contribution in [0.25, 0.3) is 0 Å². The summed E-state index contributed by atoms with van der Waals surface area (Å²) in [5, 5.41) is 7.41. The Morgan fingerprint density at radius 1 is 1.29 bits per heavy atom. The van der Waals surface area contributed by atoms with E-state index in [0.29, 0.717) is 11.7 Å². The summed E-state index contributed by atoms with van der Waals surface area (Å²) < 4.78 is 1.56. The average molecular weight is 384 g/mol. The van der Waals surface area contributed by atoms with Gasteiger partial charge in [0.15, 0.2) is 0 Å². The highest BCUT2D eigenvalue weighted by Gasteiger charge is 2.22. The minimum absolute atomic E-state index is 0.0281. The lowest BCUT2D eigenvalue weighted by Crippen LogP contribution is -2.48. The van der Waals surface area contributed by atoms with E-state index in [4.69, 9.17) is 5.73 Å². The van der Waals surface area contributed by atoms with E-state index in [1.165, 1.54) is 11.1 Å². The van der Waals surface area contributed by atoms with Gasteiger partial charge in [-0.3, -0.25) is 9.69 Å². The quantitative estimate of drug-likeness (QED) is 0.771. The summed E-state index contributed by atoms with van der Waals surface area (Å²) in [6.07, 6.45) is 3.24. The van der Waals surface area contributed by atoms with Gasteiger partial charge >= 0.3 is 0 Å². The van der Waals surface area contributed by atoms with E-state index in [0.717, 1.165) is 44.6 Å². The Bertz CT molecular complexity index is 781. The van der Waals surface area contributed by atoms with Gasteiger partial charge in [-0.15, -0.1) is 0 Å². The number of nitrogens with one attached hydrogen (secondary N) is 1. The fraction of sp³-hybridized carbons (Fsp3) is 0.545. The van der Waals surface area contributed by atoms with Crippen LogP contribution in [0, 0.1) is 12.8 Å². The number of nitrogen functional groups attached to an aromatic ring is 1. The highest BCUT2D eigenvalue weighted by atomic mass is 16.2. The Morgan fingerprint density at radius 2 is 2.00 bits per heavy atom. The van der Waals surface area contributed by atoms with Gasteiger partial charge in [-0.1, -0.05) is 38.1 Å². The van der Waals surface area contributed by atoms with Crippen molar-refractivity contribution in [1.82, 2.24) is 20.0 Å². The SMILES string of the molecule is Cc1cc(N)n(CC(=O)N[C@H]2CCCN(Cc3ccc(CC(C)C)cc3)C2)n1. The smallest absolute Gasteiger partial charge is 0.242 e. The Kier molecular flexibility index (Phi) is 6.73. The highest BCUT2D eigenvalue weighted by Crippen LogP contribution is 2.16. The number of carbonyl (C=O) groups excluding carboxylic acids is 1. The molecule has 6 heteroatoms. The van der Waals surface area contributed by atoms with E-state index >= 15 is 0 Å². The van der Waals surface area contributed by atoms with Gasteiger partial charge in [0.1, 0.15) is 12.4 Å². The second-order valence-electron chi connectivity index (χ2n) is 8.42. The second kappa shape index (κ2) is 9.24. The summed E-state index contributed by atoms with van der Waals surface area (Å²) >= 11 is 0. The van der Waals surface area contributed by atoms with Crippen LogP contribution in [0.15, 0.2) is 30.3 Å². The first-order valence-electron chi connectivity index (χ1n) is 10.3. The molecule has 1 amide bonds. The Morgan fingerprint density at radius 3 is 2.64 bits per heavy atom. The van der Waals surface area contributed by atoms with Crippen molar-refractivity contribution in [2.45, 2.75) is 59.2 Å². The number of carbonyl (C=O) groups is 1. The highest BCUT2D eigenvalue weighted by molar-refractivity contribution is 5.76. The van der Waals surface area contributed by atoms with Crippen LogP contribution < -0.4 is 11.1 Å². The van der Waals surface area contributed by atoms with Crippen LogP contribution >= 0.6 is 0 Å². The van der Waals surface area contributed by atoms with Crippen LogP contribution in [-0.4, -0.2) is 39.7 Å². The summed E-state index contributed by atoms with van der Waals surface area (Å²) in [5.74, 6) is 1.18. The molecular weight excluding hydrogens is 350 g/mol. The standard InChI is InChI=1S/C22H33N5O/c1-16(2)11-18-6-8-19(9-7-18)13-26-10-4-5-20(14-26)24-22(28)15-27-21(23)12-17(3)25-27/h6-9,12,16,20H,4-5,10-11,13-15,23H2,1-3H3,(H,24,28)/t20-/m0/s1. The number of rotatable bonds is 7. The van der Waals surface area contributed by atoms with Gasteiger partial charge in [0.2, 0.25) is 5.91 Å². The molecule has 1 fully saturated rings. The fourth-order valence-electron chi connectivity index (χ4n) is 3.93. The van der Waals surface area contributed by atoms with Gasteiger partial charge in [-0.25, -0.2) is 4.68 Å². The molecule has 0 saturated carbocycles. The summed E-state index contributed by atoms with van der Waals surface area (Å²) in [6.45, 7) is 9.43. The van der Waals surface area contributed by atoms with E-state index in [1.54, 1.807) is 10.7 Å². The van der Waals surface area contributed by atoms with Crippen LogP contribution in [0.1, 0.15) is 43.5 Å². The molecule has 2 aromatic rings. The summed E-state index contributed by atoms with van der Waals surface area (Å²) in [6, 6.07) is 10.9. The fourth-order valence-corrected chi connectivity index (χ4v) is 3.93. The monoisotopic (exact) mass is 383 g/mol. The molecule has 1 atom stereocenters. The lowest BCUT2D eigenvalue weighted by Gasteiger charge is -2.33. The molecule has 0 radical (unpaired) electrons. The minimum Gasteiger partial charge on any atom is -0.384 e. The van der Waals surface area contributed by atoms with Crippen LogP contribution in [0.3, 0.4) is 0 Å². The van der Waals surface area contributed by atoms with E-state index in [2.05, 4.69) is 53.4 Å². The van der Waals surface area contributed by atoms with E-state index in [9.17, 15) is 4.79 Å². The second-order valence-corrected chi connectivity index (χ2v) is 8.42. The van der Waals surface area contributed by atoms with Crippen molar-refractivity contribution in [1.29, 1.82) is 0 Å². The largest absolute Gasteiger partial charge is 0.384 e. The van der Waals surface area contributed by atoms with Crippen LogP contribution in [0.2, 0.25) is 0 Å². The number of hydrogen-bond donors (Lipinski definition) is 2. The number of aromatic nitrogens is 2. The maximum atomic E-state index is 12.4. The van der Waals surface area contributed by atoms with Gasteiger partial charge in [-0.05, 0) is 49.8 Å². The molecule has 28 heavy (non-hydrogen) atoms. The van der Waals surface area contributed by atoms with Gasteiger partial charge in [0, 0.05) is 25.2 Å². The molecule has 0 aliphatic carbocycles. The summed E-state index contributed by atoms with van der Waals surface area (Å²) in [4.78, 5) is 14.8. The molecule has 2 heterocycles. The van der Waals surface area contributed by atoms with Crippen molar-refractivity contribution < 1.29 is 4.79 Å². The molecule has 6 nitrogen and oxygen atoms in total. The molecule has 0 spiro atoms.